The number of aliphatic hydroxyl groups is 1. The lowest BCUT2D eigenvalue weighted by molar-refractivity contribution is -0.122. The Bertz CT molecular complexity index is 812. The van der Waals surface area contributed by atoms with E-state index in [1.807, 2.05) is 91.0 Å². The van der Waals surface area contributed by atoms with Gasteiger partial charge in [-0.1, -0.05) is 91.0 Å². The molecule has 0 aliphatic rings. The van der Waals surface area contributed by atoms with Gasteiger partial charge in [0.15, 0.2) is 0 Å². The van der Waals surface area contributed by atoms with Gasteiger partial charge in [0.05, 0.1) is 12.6 Å². The summed E-state index contributed by atoms with van der Waals surface area (Å²) >= 11 is 0. The summed E-state index contributed by atoms with van der Waals surface area (Å²) in [7, 11) is 0. The summed E-state index contributed by atoms with van der Waals surface area (Å²) in [5.41, 5.74) is 6.59. The summed E-state index contributed by atoms with van der Waals surface area (Å²) in [6, 6.07) is 28.1. The average molecular weight is 360 g/mol. The molecule has 0 unspecified atom stereocenters. The minimum Gasteiger partial charge on any atom is -0.378 e. The van der Waals surface area contributed by atoms with Crippen molar-refractivity contribution in [2.75, 3.05) is 6.54 Å². The third-order valence-corrected chi connectivity index (χ3v) is 4.74. The summed E-state index contributed by atoms with van der Waals surface area (Å²) in [6.45, 7) is -0.134. The maximum Gasteiger partial charge on any atom is 0.234 e. The molecule has 27 heavy (non-hydrogen) atoms. The maximum atomic E-state index is 12.2. The molecule has 0 bridgehead atoms. The number of carbonyl (C=O) groups excluding carboxylic acids is 1. The van der Waals surface area contributed by atoms with Crippen LogP contribution in [-0.4, -0.2) is 23.6 Å². The molecule has 0 aliphatic heterocycles. The second kappa shape index (κ2) is 8.62. The van der Waals surface area contributed by atoms with Crippen LogP contribution in [0.5, 0.6) is 0 Å². The van der Waals surface area contributed by atoms with Crippen LogP contribution in [0.1, 0.15) is 16.7 Å². The topological polar surface area (TPSA) is 75.4 Å². The van der Waals surface area contributed by atoms with Crippen molar-refractivity contribution in [3.8, 4) is 0 Å². The summed E-state index contributed by atoms with van der Waals surface area (Å²) in [4.78, 5) is 12.2. The number of carbonyl (C=O) groups is 1. The van der Waals surface area contributed by atoms with E-state index in [1.165, 1.54) is 0 Å². The van der Waals surface area contributed by atoms with Crippen molar-refractivity contribution in [2.24, 2.45) is 5.73 Å². The number of rotatable bonds is 7. The Labute approximate surface area is 159 Å². The van der Waals surface area contributed by atoms with Crippen molar-refractivity contribution >= 4 is 5.91 Å². The molecule has 138 valence electrons. The van der Waals surface area contributed by atoms with Gasteiger partial charge in [0.25, 0.3) is 0 Å². The molecule has 3 rings (SSSR count). The summed E-state index contributed by atoms with van der Waals surface area (Å²) < 4.78 is 0. The Hall–Kier alpha value is -2.95. The first-order valence-corrected chi connectivity index (χ1v) is 9.01. The predicted molar refractivity (Wildman–Crippen MR) is 107 cm³/mol. The van der Waals surface area contributed by atoms with Gasteiger partial charge in [0.2, 0.25) is 5.91 Å². The van der Waals surface area contributed by atoms with Gasteiger partial charge in [0.1, 0.15) is 5.60 Å². The van der Waals surface area contributed by atoms with Crippen LogP contribution in [-0.2, 0) is 16.8 Å². The lowest BCUT2D eigenvalue weighted by Crippen LogP contribution is -2.53. The summed E-state index contributed by atoms with van der Waals surface area (Å²) in [6.07, 6.45) is 0.465. The molecular formula is C23H24N2O2. The van der Waals surface area contributed by atoms with Crippen LogP contribution < -0.4 is 11.1 Å². The van der Waals surface area contributed by atoms with Crippen LogP contribution >= 0.6 is 0 Å². The van der Waals surface area contributed by atoms with Crippen LogP contribution in [0.2, 0.25) is 0 Å². The van der Waals surface area contributed by atoms with Crippen molar-refractivity contribution in [3.05, 3.63) is 108 Å². The zero-order chi connectivity index (χ0) is 19.1. The minimum absolute atomic E-state index is 0.134. The highest BCUT2D eigenvalue weighted by Crippen LogP contribution is 2.34. The van der Waals surface area contributed by atoms with Gasteiger partial charge in [-0.3, -0.25) is 4.79 Å². The molecular weight excluding hydrogens is 336 g/mol. The van der Waals surface area contributed by atoms with E-state index in [2.05, 4.69) is 5.32 Å². The Balaban J connectivity index is 2.11. The highest BCUT2D eigenvalue weighted by Gasteiger charge is 2.41. The number of nitrogens with two attached hydrogens (primary N) is 1. The van der Waals surface area contributed by atoms with E-state index in [1.54, 1.807) is 0 Å². The van der Waals surface area contributed by atoms with Crippen LogP contribution in [0.25, 0.3) is 0 Å². The summed E-state index contributed by atoms with van der Waals surface area (Å²) in [5.74, 6) is -0.304. The molecule has 4 N–H and O–H groups in total. The largest absolute Gasteiger partial charge is 0.378 e. The highest BCUT2D eigenvalue weighted by atomic mass is 16.3. The third kappa shape index (κ3) is 4.25. The lowest BCUT2D eigenvalue weighted by Gasteiger charge is -2.38. The average Bonchev–Trinajstić information content (AvgIpc) is 2.74. The van der Waals surface area contributed by atoms with Gasteiger partial charge in [-0.15, -0.1) is 0 Å². The molecule has 0 fully saturated rings. The number of benzene rings is 3. The molecule has 3 aromatic rings. The van der Waals surface area contributed by atoms with E-state index in [4.69, 9.17) is 5.73 Å². The first-order valence-electron chi connectivity index (χ1n) is 9.01. The molecule has 0 aliphatic carbocycles. The fourth-order valence-electron chi connectivity index (χ4n) is 3.36. The minimum atomic E-state index is -1.40. The second-order valence-electron chi connectivity index (χ2n) is 6.51. The number of nitrogens with one attached hydrogen (secondary N) is 1. The monoisotopic (exact) mass is 360 g/mol. The van der Waals surface area contributed by atoms with E-state index >= 15 is 0 Å². The highest BCUT2D eigenvalue weighted by molar-refractivity contribution is 5.78. The number of hydrogen-bond donors (Lipinski definition) is 3. The normalized spacial score (nSPS) is 12.4. The number of amides is 1. The molecule has 0 heterocycles. The molecule has 4 heteroatoms. The standard InChI is InChI=1S/C23H24N2O2/c24-17-22(26)25-21(16-18-10-4-1-5-11-18)23(27,19-12-6-2-7-13-19)20-14-8-3-9-15-20/h1-15,21,27H,16-17,24H2,(H,25,26)/t21-/m1/s1. The second-order valence-corrected chi connectivity index (χ2v) is 6.51. The quantitative estimate of drug-likeness (QED) is 0.606. The Morgan fingerprint density at radius 1 is 0.852 bits per heavy atom. The maximum absolute atomic E-state index is 12.2. The van der Waals surface area contributed by atoms with Crippen LogP contribution in [0.15, 0.2) is 91.0 Å². The summed E-state index contributed by atoms with van der Waals surface area (Å²) in [5, 5.41) is 14.9. The van der Waals surface area contributed by atoms with E-state index < -0.39 is 11.6 Å². The zero-order valence-electron chi connectivity index (χ0n) is 15.1. The van der Waals surface area contributed by atoms with Crippen molar-refractivity contribution in [3.63, 3.8) is 0 Å². The van der Waals surface area contributed by atoms with Gasteiger partial charge in [0, 0.05) is 0 Å². The molecule has 3 aromatic carbocycles. The predicted octanol–water partition coefficient (Wildman–Crippen LogP) is 2.61. The fourth-order valence-corrected chi connectivity index (χ4v) is 3.36. The van der Waals surface area contributed by atoms with Gasteiger partial charge in [-0.05, 0) is 23.1 Å². The third-order valence-electron chi connectivity index (χ3n) is 4.74. The lowest BCUT2D eigenvalue weighted by atomic mass is 9.77. The smallest absolute Gasteiger partial charge is 0.234 e. The van der Waals surface area contributed by atoms with Crippen LogP contribution in [0.4, 0.5) is 0 Å². The Morgan fingerprint density at radius 3 is 1.74 bits per heavy atom. The van der Waals surface area contributed by atoms with E-state index in [9.17, 15) is 9.90 Å². The molecule has 0 saturated carbocycles. The van der Waals surface area contributed by atoms with Crippen LogP contribution in [0, 0.1) is 0 Å². The van der Waals surface area contributed by atoms with Crippen molar-refractivity contribution in [1.82, 2.24) is 5.32 Å². The van der Waals surface area contributed by atoms with Gasteiger partial charge >= 0.3 is 0 Å². The van der Waals surface area contributed by atoms with E-state index in [0.717, 1.165) is 16.7 Å². The van der Waals surface area contributed by atoms with Gasteiger partial charge in [-0.25, -0.2) is 0 Å². The number of hydrogen-bond acceptors (Lipinski definition) is 3. The molecule has 0 spiro atoms. The van der Waals surface area contributed by atoms with E-state index in [0.29, 0.717) is 6.42 Å². The molecule has 0 saturated heterocycles. The van der Waals surface area contributed by atoms with E-state index in [-0.39, 0.29) is 12.5 Å². The molecule has 1 amide bonds. The zero-order valence-corrected chi connectivity index (χ0v) is 15.1. The molecule has 0 aromatic heterocycles. The van der Waals surface area contributed by atoms with Crippen molar-refractivity contribution in [2.45, 2.75) is 18.1 Å². The molecule has 4 nitrogen and oxygen atoms in total. The first kappa shape index (κ1) is 18.8. The Kier molecular flexibility index (Phi) is 6.01. The SMILES string of the molecule is NCC(=O)N[C@H](Cc1ccccc1)C(O)(c1ccccc1)c1ccccc1. The van der Waals surface area contributed by atoms with Crippen molar-refractivity contribution in [1.29, 1.82) is 0 Å². The van der Waals surface area contributed by atoms with Crippen LogP contribution in [0.3, 0.4) is 0 Å². The first-order chi connectivity index (χ1) is 13.1. The molecule has 0 radical (unpaired) electrons. The van der Waals surface area contributed by atoms with Gasteiger partial charge < -0.3 is 16.2 Å². The fraction of sp³-hybridized carbons (Fsp3) is 0.174. The van der Waals surface area contributed by atoms with Crippen molar-refractivity contribution < 1.29 is 9.90 Å². The van der Waals surface area contributed by atoms with Gasteiger partial charge in [-0.2, -0.15) is 0 Å². The molecule has 1 atom stereocenters. The Morgan fingerprint density at radius 2 is 1.30 bits per heavy atom.